The van der Waals surface area contributed by atoms with Crippen molar-refractivity contribution < 1.29 is 18.3 Å². The van der Waals surface area contributed by atoms with Gasteiger partial charge in [0.05, 0.1) is 6.20 Å². The summed E-state index contributed by atoms with van der Waals surface area (Å²) in [5, 5.41) is 14.4. The van der Waals surface area contributed by atoms with E-state index >= 15 is 0 Å². The molecule has 1 aliphatic carbocycles. The van der Waals surface area contributed by atoms with E-state index in [9.17, 15) is 13.2 Å². The molecule has 118 valence electrons. The fraction of sp³-hybridized carbons (Fsp3) is 0.692. The maximum absolute atomic E-state index is 12.3. The van der Waals surface area contributed by atoms with Crippen LogP contribution in [0.2, 0.25) is 0 Å². The monoisotopic (exact) mass is 315 g/mol. The molecule has 21 heavy (non-hydrogen) atoms. The average Bonchev–Trinajstić information content (AvgIpc) is 2.75. The summed E-state index contributed by atoms with van der Waals surface area (Å²) in [7, 11) is -3.90. The largest absolute Gasteiger partial charge is 0.478 e. The van der Waals surface area contributed by atoms with E-state index in [2.05, 4.69) is 14.9 Å². The molecule has 0 aliphatic heterocycles. The molecule has 1 saturated carbocycles. The molecule has 3 N–H and O–H groups in total. The van der Waals surface area contributed by atoms with Crippen molar-refractivity contribution in [3.63, 3.8) is 0 Å². The van der Waals surface area contributed by atoms with Gasteiger partial charge in [-0.25, -0.2) is 17.9 Å². The van der Waals surface area contributed by atoms with Crippen LogP contribution in [0.4, 0.5) is 0 Å². The number of nitrogens with one attached hydrogen (secondary N) is 2. The Labute approximate surface area is 124 Å². The lowest BCUT2D eigenvalue weighted by Crippen LogP contribution is -2.38. The minimum atomic E-state index is -3.90. The summed E-state index contributed by atoms with van der Waals surface area (Å²) in [6.07, 6.45) is 7.62. The van der Waals surface area contributed by atoms with E-state index in [1.165, 1.54) is 12.8 Å². The number of nitrogens with zero attached hydrogens (tertiary/aromatic N) is 1. The molecule has 0 amide bonds. The van der Waals surface area contributed by atoms with E-state index in [-0.39, 0.29) is 16.6 Å². The molecule has 1 aromatic heterocycles. The van der Waals surface area contributed by atoms with Crippen LogP contribution in [0.15, 0.2) is 11.2 Å². The van der Waals surface area contributed by atoms with Crippen LogP contribution >= 0.6 is 0 Å². The van der Waals surface area contributed by atoms with Crippen molar-refractivity contribution in [2.24, 2.45) is 5.92 Å². The summed E-state index contributed by atoms with van der Waals surface area (Å²) in [5.74, 6) is -1.02. The smallest absolute Gasteiger partial charge is 0.340 e. The number of carboxylic acid groups (broad SMARTS) is 1. The van der Waals surface area contributed by atoms with Gasteiger partial charge in [-0.2, -0.15) is 5.10 Å². The van der Waals surface area contributed by atoms with E-state index in [1.54, 1.807) is 0 Å². The van der Waals surface area contributed by atoms with Crippen LogP contribution in [-0.2, 0) is 10.0 Å². The Hall–Kier alpha value is -1.41. The van der Waals surface area contributed by atoms with Crippen LogP contribution in [-0.4, -0.2) is 35.7 Å². The van der Waals surface area contributed by atoms with Gasteiger partial charge in [0, 0.05) is 6.04 Å². The molecular formula is C13H21N3O4S. The lowest BCUT2D eigenvalue weighted by Gasteiger charge is -2.23. The van der Waals surface area contributed by atoms with Crippen molar-refractivity contribution in [2.75, 3.05) is 0 Å². The standard InChI is InChI=1S/C13H21N3O4S/c1-9(10-6-4-2-3-5-7-10)16-21(19,20)12-11(13(17)18)8-14-15-12/h8-10,16H,2-7H2,1H3,(H,14,15)(H,17,18)/t9-/m0/s1. The molecule has 8 heteroatoms. The number of hydrogen-bond donors (Lipinski definition) is 3. The van der Waals surface area contributed by atoms with Crippen LogP contribution in [0.3, 0.4) is 0 Å². The molecular weight excluding hydrogens is 294 g/mol. The fourth-order valence-corrected chi connectivity index (χ4v) is 4.24. The molecule has 1 atom stereocenters. The highest BCUT2D eigenvalue weighted by Gasteiger charge is 2.29. The van der Waals surface area contributed by atoms with Gasteiger partial charge < -0.3 is 5.11 Å². The number of rotatable bonds is 5. The minimum Gasteiger partial charge on any atom is -0.478 e. The van der Waals surface area contributed by atoms with Gasteiger partial charge in [-0.15, -0.1) is 0 Å². The quantitative estimate of drug-likeness (QED) is 0.717. The van der Waals surface area contributed by atoms with Gasteiger partial charge in [-0.3, -0.25) is 5.10 Å². The Kier molecular flexibility index (Phi) is 5.00. The zero-order valence-corrected chi connectivity index (χ0v) is 12.8. The van der Waals surface area contributed by atoms with Gasteiger partial charge in [0.25, 0.3) is 10.0 Å². The first-order valence-electron chi connectivity index (χ1n) is 7.21. The van der Waals surface area contributed by atoms with Gasteiger partial charge in [0.15, 0.2) is 5.03 Å². The topological polar surface area (TPSA) is 112 Å². The highest BCUT2D eigenvalue weighted by molar-refractivity contribution is 7.89. The summed E-state index contributed by atoms with van der Waals surface area (Å²) >= 11 is 0. The Morgan fingerprint density at radius 2 is 2.00 bits per heavy atom. The third-order valence-corrected chi connectivity index (χ3v) is 5.58. The minimum absolute atomic E-state index is 0.224. The molecule has 0 bridgehead atoms. The average molecular weight is 315 g/mol. The fourth-order valence-electron chi connectivity index (χ4n) is 2.84. The van der Waals surface area contributed by atoms with Gasteiger partial charge >= 0.3 is 5.97 Å². The maximum Gasteiger partial charge on any atom is 0.340 e. The summed E-state index contributed by atoms with van der Waals surface area (Å²) in [6.45, 7) is 1.84. The van der Waals surface area contributed by atoms with Crippen molar-refractivity contribution in [2.45, 2.75) is 56.5 Å². The second-order valence-corrected chi connectivity index (χ2v) is 7.23. The molecule has 0 radical (unpaired) electrons. The molecule has 0 unspecified atom stereocenters. The number of aromatic amines is 1. The molecule has 7 nitrogen and oxygen atoms in total. The lowest BCUT2D eigenvalue weighted by atomic mass is 9.94. The van der Waals surface area contributed by atoms with Crippen molar-refractivity contribution >= 4 is 16.0 Å². The zero-order valence-electron chi connectivity index (χ0n) is 12.0. The lowest BCUT2D eigenvalue weighted by molar-refractivity contribution is 0.0692. The van der Waals surface area contributed by atoms with Crippen LogP contribution < -0.4 is 4.72 Å². The highest BCUT2D eigenvalue weighted by atomic mass is 32.2. The Bertz CT molecular complexity index is 588. The summed E-state index contributed by atoms with van der Waals surface area (Å²) < 4.78 is 27.2. The first-order valence-corrected chi connectivity index (χ1v) is 8.69. The van der Waals surface area contributed by atoms with E-state index in [1.807, 2.05) is 6.92 Å². The molecule has 0 aromatic carbocycles. The number of aromatic carboxylic acids is 1. The van der Waals surface area contributed by atoms with Crippen molar-refractivity contribution in [1.29, 1.82) is 0 Å². The highest BCUT2D eigenvalue weighted by Crippen LogP contribution is 2.26. The summed E-state index contributed by atoms with van der Waals surface area (Å²) in [5.41, 5.74) is -0.337. The third-order valence-electron chi connectivity index (χ3n) is 4.05. The molecule has 1 aliphatic rings. The van der Waals surface area contributed by atoms with Crippen molar-refractivity contribution in [3.8, 4) is 0 Å². The zero-order chi connectivity index (χ0) is 15.5. The van der Waals surface area contributed by atoms with Crippen LogP contribution in [0.1, 0.15) is 55.8 Å². The molecule has 1 aromatic rings. The number of carboxylic acids is 1. The first kappa shape index (κ1) is 16.0. The second kappa shape index (κ2) is 6.57. The van der Waals surface area contributed by atoms with E-state index in [0.717, 1.165) is 31.9 Å². The molecule has 1 heterocycles. The maximum atomic E-state index is 12.3. The summed E-state index contributed by atoms with van der Waals surface area (Å²) in [4.78, 5) is 11.0. The van der Waals surface area contributed by atoms with Gasteiger partial charge in [-0.1, -0.05) is 25.7 Å². The van der Waals surface area contributed by atoms with Gasteiger partial charge in [0.1, 0.15) is 5.56 Å². The Morgan fingerprint density at radius 3 is 2.57 bits per heavy atom. The van der Waals surface area contributed by atoms with E-state index in [0.29, 0.717) is 5.92 Å². The number of aromatic nitrogens is 2. The second-order valence-electron chi connectivity index (χ2n) is 5.58. The third kappa shape index (κ3) is 3.82. The van der Waals surface area contributed by atoms with Crippen LogP contribution in [0, 0.1) is 5.92 Å². The number of H-pyrrole nitrogens is 1. The Morgan fingerprint density at radius 1 is 1.38 bits per heavy atom. The molecule has 2 rings (SSSR count). The number of hydrogen-bond acceptors (Lipinski definition) is 4. The predicted molar refractivity (Wildman–Crippen MR) is 76.5 cm³/mol. The predicted octanol–water partition coefficient (Wildman–Crippen LogP) is 1.75. The van der Waals surface area contributed by atoms with Crippen LogP contribution in [0.5, 0.6) is 0 Å². The molecule has 0 spiro atoms. The normalized spacial score (nSPS) is 19.1. The van der Waals surface area contributed by atoms with E-state index < -0.39 is 16.0 Å². The van der Waals surface area contributed by atoms with Gasteiger partial charge in [-0.05, 0) is 25.7 Å². The Balaban J connectivity index is 2.12. The van der Waals surface area contributed by atoms with Crippen molar-refractivity contribution in [1.82, 2.24) is 14.9 Å². The van der Waals surface area contributed by atoms with Crippen LogP contribution in [0.25, 0.3) is 0 Å². The van der Waals surface area contributed by atoms with E-state index in [4.69, 9.17) is 5.11 Å². The number of carbonyl (C=O) groups is 1. The molecule has 0 saturated heterocycles. The molecule has 1 fully saturated rings. The summed E-state index contributed by atoms with van der Waals surface area (Å²) in [6, 6.07) is -0.224. The first-order chi connectivity index (χ1) is 9.92. The van der Waals surface area contributed by atoms with Crippen molar-refractivity contribution in [3.05, 3.63) is 11.8 Å². The SMILES string of the molecule is C[C@H](NS(=O)(=O)c1[nH]ncc1C(=O)O)C1CCCCCC1. The number of sulfonamides is 1. The van der Waals surface area contributed by atoms with Gasteiger partial charge in [0.2, 0.25) is 0 Å².